The molecule has 0 saturated carbocycles. The molecule has 8 nitrogen and oxygen atoms in total. The first kappa shape index (κ1) is 24.2. The molecule has 3 aromatic carbocycles. The van der Waals surface area contributed by atoms with Crippen LogP contribution in [0.5, 0.6) is 11.5 Å². The van der Waals surface area contributed by atoms with E-state index in [0.29, 0.717) is 28.3 Å². The zero-order chi connectivity index (χ0) is 24.7. The van der Waals surface area contributed by atoms with E-state index in [1.54, 1.807) is 67.6 Å². The molecule has 2 amide bonds. The second-order valence-electron chi connectivity index (χ2n) is 7.58. The van der Waals surface area contributed by atoms with Gasteiger partial charge in [-0.2, -0.15) is 5.10 Å². The van der Waals surface area contributed by atoms with Crippen LogP contribution in [-0.4, -0.2) is 30.6 Å². The van der Waals surface area contributed by atoms with Gasteiger partial charge in [0.1, 0.15) is 11.5 Å². The number of para-hydroxylation sites is 1. The number of anilines is 1. The number of carbonyl (C=O) groups excluding carboxylic acids is 3. The summed E-state index contributed by atoms with van der Waals surface area (Å²) >= 11 is 0. The van der Waals surface area contributed by atoms with Crippen LogP contribution in [0.25, 0.3) is 0 Å². The summed E-state index contributed by atoms with van der Waals surface area (Å²) in [5.74, 6) is -1.44. The SMILES string of the molecule is COc1ccc(C(=O)Oc2ccccc2/C(C)=N/NC(=O)C(=O)Nc2cc(C)cc(C)c2)cc1. The van der Waals surface area contributed by atoms with Gasteiger partial charge >= 0.3 is 17.8 Å². The molecule has 0 aliphatic heterocycles. The lowest BCUT2D eigenvalue weighted by Crippen LogP contribution is -2.33. The standard InChI is InChI=1S/C26H25N3O5/c1-16-13-17(2)15-20(14-16)27-24(30)25(31)29-28-18(3)22-7-5-6-8-23(22)34-26(32)19-9-11-21(33-4)12-10-19/h5-15H,1-4H3,(H,27,30)(H,29,31)/b28-18+. The van der Waals surface area contributed by atoms with E-state index in [9.17, 15) is 14.4 Å². The third kappa shape index (κ3) is 6.29. The van der Waals surface area contributed by atoms with Gasteiger partial charge in [0, 0.05) is 11.3 Å². The second kappa shape index (κ2) is 10.9. The van der Waals surface area contributed by atoms with Gasteiger partial charge in [0.15, 0.2) is 0 Å². The number of ether oxygens (including phenoxy) is 2. The maximum Gasteiger partial charge on any atom is 0.343 e. The van der Waals surface area contributed by atoms with Crippen molar-refractivity contribution in [3.8, 4) is 11.5 Å². The van der Waals surface area contributed by atoms with Gasteiger partial charge in [-0.05, 0) is 80.4 Å². The summed E-state index contributed by atoms with van der Waals surface area (Å²) in [5.41, 5.74) is 5.87. The summed E-state index contributed by atoms with van der Waals surface area (Å²) in [4.78, 5) is 37.0. The van der Waals surface area contributed by atoms with Crippen LogP contribution in [0.2, 0.25) is 0 Å². The first-order chi connectivity index (χ1) is 16.3. The van der Waals surface area contributed by atoms with Crippen molar-refractivity contribution in [3.63, 3.8) is 0 Å². The van der Waals surface area contributed by atoms with E-state index < -0.39 is 17.8 Å². The fraction of sp³-hybridized carbons (Fsp3) is 0.154. The van der Waals surface area contributed by atoms with E-state index in [2.05, 4.69) is 15.8 Å². The molecule has 0 bridgehead atoms. The number of nitrogens with one attached hydrogen (secondary N) is 2. The topological polar surface area (TPSA) is 106 Å². The summed E-state index contributed by atoms with van der Waals surface area (Å²) in [6, 6.07) is 18.8. The summed E-state index contributed by atoms with van der Waals surface area (Å²) in [6.45, 7) is 5.42. The normalized spacial score (nSPS) is 10.9. The molecular weight excluding hydrogens is 434 g/mol. The summed E-state index contributed by atoms with van der Waals surface area (Å²) in [6.07, 6.45) is 0. The molecule has 0 spiro atoms. The molecule has 0 aromatic heterocycles. The average molecular weight is 460 g/mol. The van der Waals surface area contributed by atoms with Crippen LogP contribution in [-0.2, 0) is 9.59 Å². The Morgan fingerprint density at radius 3 is 2.15 bits per heavy atom. The third-order valence-corrected chi connectivity index (χ3v) is 4.82. The molecule has 34 heavy (non-hydrogen) atoms. The number of hydrogen-bond donors (Lipinski definition) is 2. The van der Waals surface area contributed by atoms with Gasteiger partial charge in [-0.1, -0.05) is 18.2 Å². The lowest BCUT2D eigenvalue weighted by atomic mass is 10.1. The minimum atomic E-state index is -0.925. The van der Waals surface area contributed by atoms with E-state index >= 15 is 0 Å². The van der Waals surface area contributed by atoms with Gasteiger partial charge in [-0.3, -0.25) is 9.59 Å². The highest BCUT2D eigenvalue weighted by molar-refractivity contribution is 6.39. The first-order valence-corrected chi connectivity index (χ1v) is 10.5. The van der Waals surface area contributed by atoms with Crippen LogP contribution in [0.15, 0.2) is 71.8 Å². The van der Waals surface area contributed by atoms with Crippen molar-refractivity contribution in [2.75, 3.05) is 12.4 Å². The largest absolute Gasteiger partial charge is 0.497 e. The van der Waals surface area contributed by atoms with Crippen molar-refractivity contribution >= 4 is 29.2 Å². The molecule has 0 heterocycles. The van der Waals surface area contributed by atoms with Crippen LogP contribution in [0.4, 0.5) is 5.69 Å². The van der Waals surface area contributed by atoms with Crippen LogP contribution in [0.3, 0.4) is 0 Å². The molecule has 0 saturated heterocycles. The van der Waals surface area contributed by atoms with Crippen molar-refractivity contribution < 1.29 is 23.9 Å². The van der Waals surface area contributed by atoms with Crippen molar-refractivity contribution in [2.45, 2.75) is 20.8 Å². The smallest absolute Gasteiger partial charge is 0.343 e. The number of esters is 1. The van der Waals surface area contributed by atoms with Crippen molar-refractivity contribution in [3.05, 3.63) is 89.0 Å². The van der Waals surface area contributed by atoms with Gasteiger partial charge in [-0.25, -0.2) is 10.2 Å². The molecule has 3 aromatic rings. The molecule has 174 valence electrons. The molecule has 0 radical (unpaired) electrons. The minimum absolute atomic E-state index is 0.263. The van der Waals surface area contributed by atoms with Crippen LogP contribution >= 0.6 is 0 Å². The Bertz CT molecular complexity index is 1230. The second-order valence-corrected chi connectivity index (χ2v) is 7.58. The maximum atomic E-state index is 12.5. The highest BCUT2D eigenvalue weighted by Crippen LogP contribution is 2.21. The molecule has 2 N–H and O–H groups in total. The number of benzene rings is 3. The van der Waals surface area contributed by atoms with Crippen molar-refractivity contribution in [2.24, 2.45) is 5.10 Å². The number of rotatable bonds is 6. The van der Waals surface area contributed by atoms with Gasteiger partial charge in [0.25, 0.3) is 0 Å². The predicted molar refractivity (Wildman–Crippen MR) is 129 cm³/mol. The fourth-order valence-electron chi connectivity index (χ4n) is 3.22. The molecule has 0 aliphatic carbocycles. The first-order valence-electron chi connectivity index (χ1n) is 10.5. The van der Waals surface area contributed by atoms with Gasteiger partial charge in [-0.15, -0.1) is 0 Å². The highest BCUT2D eigenvalue weighted by atomic mass is 16.5. The Balaban J connectivity index is 1.68. The third-order valence-electron chi connectivity index (χ3n) is 4.82. The Kier molecular flexibility index (Phi) is 7.76. The Morgan fingerprint density at radius 2 is 1.50 bits per heavy atom. The molecule has 3 rings (SSSR count). The van der Waals surface area contributed by atoms with Crippen LogP contribution < -0.4 is 20.2 Å². The van der Waals surface area contributed by atoms with Gasteiger partial charge < -0.3 is 14.8 Å². The van der Waals surface area contributed by atoms with Gasteiger partial charge in [0.05, 0.1) is 18.4 Å². The number of aryl methyl sites for hydroxylation is 2. The van der Waals surface area contributed by atoms with Crippen molar-refractivity contribution in [1.29, 1.82) is 0 Å². The van der Waals surface area contributed by atoms with E-state index in [0.717, 1.165) is 11.1 Å². The molecule has 8 heteroatoms. The number of hydrogen-bond acceptors (Lipinski definition) is 6. The number of hydrazone groups is 1. The monoisotopic (exact) mass is 459 g/mol. The Morgan fingerprint density at radius 1 is 0.853 bits per heavy atom. The molecule has 0 atom stereocenters. The molecule has 0 aliphatic rings. The molecule has 0 fully saturated rings. The Labute approximate surface area is 197 Å². The number of nitrogens with zero attached hydrogens (tertiary/aromatic N) is 1. The van der Waals surface area contributed by atoms with E-state index in [1.807, 2.05) is 19.9 Å². The van der Waals surface area contributed by atoms with Crippen LogP contribution in [0.1, 0.15) is 34.0 Å². The summed E-state index contributed by atoms with van der Waals surface area (Å²) in [5, 5.41) is 6.56. The fourth-order valence-corrected chi connectivity index (χ4v) is 3.22. The van der Waals surface area contributed by atoms with Gasteiger partial charge in [0.2, 0.25) is 0 Å². The van der Waals surface area contributed by atoms with E-state index in [4.69, 9.17) is 9.47 Å². The minimum Gasteiger partial charge on any atom is -0.497 e. The zero-order valence-electron chi connectivity index (χ0n) is 19.3. The number of amides is 2. The predicted octanol–water partition coefficient (Wildman–Crippen LogP) is 4.01. The van der Waals surface area contributed by atoms with Crippen molar-refractivity contribution in [1.82, 2.24) is 5.43 Å². The zero-order valence-corrected chi connectivity index (χ0v) is 19.3. The lowest BCUT2D eigenvalue weighted by molar-refractivity contribution is -0.136. The average Bonchev–Trinajstić information content (AvgIpc) is 2.82. The quantitative estimate of drug-likeness (QED) is 0.190. The van der Waals surface area contributed by atoms with E-state index in [1.165, 1.54) is 7.11 Å². The molecule has 0 unspecified atom stereocenters. The summed E-state index contributed by atoms with van der Waals surface area (Å²) in [7, 11) is 1.54. The highest BCUT2D eigenvalue weighted by Gasteiger charge is 2.16. The summed E-state index contributed by atoms with van der Waals surface area (Å²) < 4.78 is 10.6. The van der Waals surface area contributed by atoms with E-state index in [-0.39, 0.29) is 5.75 Å². The Hall–Kier alpha value is -4.46. The molecular formula is C26H25N3O5. The number of methoxy groups -OCH3 is 1. The maximum absolute atomic E-state index is 12.5. The lowest BCUT2D eigenvalue weighted by Gasteiger charge is -2.10. The van der Waals surface area contributed by atoms with Crippen LogP contribution in [0, 0.1) is 13.8 Å². The number of carbonyl (C=O) groups is 3.